The van der Waals surface area contributed by atoms with Crippen molar-refractivity contribution in [3.63, 3.8) is 0 Å². The standard InChI is InChI=1S/C12H19ClN4O/c1-16-3-4-17(2)10(7-16)11(18)9-5-8(13)6-15-12(9)14/h5-6,10-11,18H,3-4,7H2,1-2H3,(H2,14,15). The van der Waals surface area contributed by atoms with Crippen molar-refractivity contribution in [2.24, 2.45) is 0 Å². The van der Waals surface area contributed by atoms with Crippen molar-refractivity contribution in [1.82, 2.24) is 14.8 Å². The number of hydrogen-bond donors (Lipinski definition) is 2. The van der Waals surface area contributed by atoms with Gasteiger partial charge in [-0.15, -0.1) is 0 Å². The van der Waals surface area contributed by atoms with Gasteiger partial charge in [0.05, 0.1) is 17.2 Å². The number of likely N-dealkylation sites (N-methyl/N-ethyl adjacent to an activating group) is 2. The van der Waals surface area contributed by atoms with Crippen LogP contribution >= 0.6 is 11.6 Å². The first kappa shape index (κ1) is 13.5. The smallest absolute Gasteiger partial charge is 0.129 e. The number of halogens is 1. The lowest BCUT2D eigenvalue weighted by Gasteiger charge is -2.40. The van der Waals surface area contributed by atoms with Crippen LogP contribution < -0.4 is 5.73 Å². The molecule has 0 spiro atoms. The number of piperazine rings is 1. The van der Waals surface area contributed by atoms with E-state index < -0.39 is 6.10 Å². The van der Waals surface area contributed by atoms with Gasteiger partial charge in [-0.1, -0.05) is 11.6 Å². The van der Waals surface area contributed by atoms with E-state index in [1.807, 2.05) is 14.1 Å². The summed E-state index contributed by atoms with van der Waals surface area (Å²) in [6, 6.07) is 1.70. The van der Waals surface area contributed by atoms with E-state index in [-0.39, 0.29) is 6.04 Å². The Kier molecular flexibility index (Phi) is 4.07. The number of nitrogens with zero attached hydrogens (tertiary/aromatic N) is 3. The minimum Gasteiger partial charge on any atom is -0.387 e. The van der Waals surface area contributed by atoms with Gasteiger partial charge in [0.1, 0.15) is 5.82 Å². The van der Waals surface area contributed by atoms with Crippen LogP contribution in [0.25, 0.3) is 0 Å². The highest BCUT2D eigenvalue weighted by Gasteiger charge is 2.30. The van der Waals surface area contributed by atoms with E-state index in [9.17, 15) is 5.11 Å². The van der Waals surface area contributed by atoms with Gasteiger partial charge in [0.25, 0.3) is 0 Å². The number of rotatable bonds is 2. The minimum atomic E-state index is -0.677. The van der Waals surface area contributed by atoms with Crippen molar-refractivity contribution in [3.8, 4) is 0 Å². The molecule has 1 aliphatic heterocycles. The zero-order valence-corrected chi connectivity index (χ0v) is 11.4. The third-order valence-electron chi connectivity index (χ3n) is 3.50. The van der Waals surface area contributed by atoms with E-state index in [2.05, 4.69) is 14.8 Å². The molecule has 2 heterocycles. The van der Waals surface area contributed by atoms with Gasteiger partial charge in [0.2, 0.25) is 0 Å². The molecule has 2 rings (SSSR count). The van der Waals surface area contributed by atoms with Crippen molar-refractivity contribution in [3.05, 3.63) is 22.8 Å². The lowest BCUT2D eigenvalue weighted by Crippen LogP contribution is -2.52. The Morgan fingerprint density at radius 1 is 1.50 bits per heavy atom. The van der Waals surface area contributed by atoms with Crippen LogP contribution in [0.4, 0.5) is 5.82 Å². The Morgan fingerprint density at radius 2 is 2.22 bits per heavy atom. The maximum absolute atomic E-state index is 10.5. The number of anilines is 1. The fourth-order valence-corrected chi connectivity index (χ4v) is 2.46. The molecular weight excluding hydrogens is 252 g/mol. The zero-order chi connectivity index (χ0) is 13.3. The average Bonchev–Trinajstić information content (AvgIpc) is 2.34. The molecule has 5 nitrogen and oxygen atoms in total. The van der Waals surface area contributed by atoms with Crippen LogP contribution in [0.5, 0.6) is 0 Å². The zero-order valence-electron chi connectivity index (χ0n) is 10.7. The summed E-state index contributed by atoms with van der Waals surface area (Å²) in [5.74, 6) is 0.341. The summed E-state index contributed by atoms with van der Waals surface area (Å²) >= 11 is 5.91. The first-order valence-electron chi connectivity index (χ1n) is 5.97. The average molecular weight is 271 g/mol. The largest absolute Gasteiger partial charge is 0.387 e. The minimum absolute atomic E-state index is 0.00585. The van der Waals surface area contributed by atoms with Gasteiger partial charge >= 0.3 is 0 Å². The number of aliphatic hydroxyl groups is 1. The molecule has 3 N–H and O–H groups in total. The van der Waals surface area contributed by atoms with Crippen LogP contribution in [0.3, 0.4) is 0 Å². The molecule has 6 heteroatoms. The van der Waals surface area contributed by atoms with Crippen molar-refractivity contribution in [1.29, 1.82) is 0 Å². The second kappa shape index (κ2) is 5.40. The summed E-state index contributed by atoms with van der Waals surface area (Å²) in [7, 11) is 4.06. The Balaban J connectivity index is 2.23. The molecule has 0 aliphatic carbocycles. The highest BCUT2D eigenvalue weighted by Crippen LogP contribution is 2.28. The second-order valence-corrected chi connectivity index (χ2v) is 5.32. The molecule has 1 saturated heterocycles. The second-order valence-electron chi connectivity index (χ2n) is 4.88. The summed E-state index contributed by atoms with van der Waals surface area (Å²) in [5.41, 5.74) is 6.42. The Labute approximate surface area is 112 Å². The molecule has 1 aromatic rings. The van der Waals surface area contributed by atoms with Gasteiger partial charge in [-0.3, -0.25) is 4.90 Å². The van der Waals surface area contributed by atoms with Crippen LogP contribution in [0.1, 0.15) is 11.7 Å². The predicted octanol–water partition coefficient (Wildman–Crippen LogP) is 0.596. The first-order chi connectivity index (χ1) is 8.49. The fourth-order valence-electron chi connectivity index (χ4n) is 2.29. The molecule has 100 valence electrons. The molecule has 2 atom stereocenters. The first-order valence-corrected chi connectivity index (χ1v) is 6.34. The molecule has 18 heavy (non-hydrogen) atoms. The number of aliphatic hydroxyl groups excluding tert-OH is 1. The number of aromatic nitrogens is 1. The Hall–Kier alpha value is -0.880. The molecular formula is C12H19ClN4O. The van der Waals surface area contributed by atoms with E-state index in [0.29, 0.717) is 16.4 Å². The monoisotopic (exact) mass is 270 g/mol. The van der Waals surface area contributed by atoms with Crippen LogP contribution in [-0.4, -0.2) is 59.7 Å². The number of nitrogen functional groups attached to an aromatic ring is 1. The summed E-state index contributed by atoms with van der Waals surface area (Å²) in [5, 5.41) is 11.0. The van der Waals surface area contributed by atoms with Gasteiger partial charge in [-0.25, -0.2) is 4.98 Å². The summed E-state index contributed by atoms with van der Waals surface area (Å²) in [6.45, 7) is 2.72. The van der Waals surface area contributed by atoms with Crippen LogP contribution in [0.2, 0.25) is 5.02 Å². The normalized spacial score (nSPS) is 24.1. The van der Waals surface area contributed by atoms with Gasteiger partial charge < -0.3 is 15.7 Å². The van der Waals surface area contributed by atoms with Gasteiger partial charge in [0.15, 0.2) is 0 Å². The summed E-state index contributed by atoms with van der Waals surface area (Å²) in [6.07, 6.45) is 0.813. The summed E-state index contributed by atoms with van der Waals surface area (Å²) in [4.78, 5) is 8.33. The molecule has 0 saturated carbocycles. The van der Waals surface area contributed by atoms with Crippen LogP contribution in [0, 0.1) is 0 Å². The molecule has 1 aliphatic rings. The molecule has 0 amide bonds. The van der Waals surface area contributed by atoms with E-state index in [4.69, 9.17) is 17.3 Å². The van der Waals surface area contributed by atoms with Crippen molar-refractivity contribution in [2.75, 3.05) is 39.5 Å². The predicted molar refractivity (Wildman–Crippen MR) is 72.5 cm³/mol. The maximum Gasteiger partial charge on any atom is 0.129 e. The number of nitrogens with two attached hydrogens (primary N) is 1. The van der Waals surface area contributed by atoms with Gasteiger partial charge in [-0.05, 0) is 20.2 Å². The molecule has 0 aromatic carbocycles. The Morgan fingerprint density at radius 3 is 2.94 bits per heavy atom. The highest BCUT2D eigenvalue weighted by molar-refractivity contribution is 6.30. The lowest BCUT2D eigenvalue weighted by atomic mass is 10.00. The van der Waals surface area contributed by atoms with Gasteiger partial charge in [-0.2, -0.15) is 0 Å². The lowest BCUT2D eigenvalue weighted by molar-refractivity contribution is 0.0140. The maximum atomic E-state index is 10.5. The Bertz CT molecular complexity index is 429. The fraction of sp³-hybridized carbons (Fsp3) is 0.583. The number of pyridine rings is 1. The number of hydrogen-bond acceptors (Lipinski definition) is 5. The van der Waals surface area contributed by atoms with E-state index in [1.165, 1.54) is 6.20 Å². The third-order valence-corrected chi connectivity index (χ3v) is 3.71. The van der Waals surface area contributed by atoms with E-state index in [1.54, 1.807) is 6.07 Å². The highest BCUT2D eigenvalue weighted by atomic mass is 35.5. The van der Waals surface area contributed by atoms with E-state index in [0.717, 1.165) is 19.6 Å². The summed E-state index contributed by atoms with van der Waals surface area (Å²) < 4.78 is 0. The van der Waals surface area contributed by atoms with Crippen molar-refractivity contribution < 1.29 is 5.11 Å². The molecule has 0 bridgehead atoms. The van der Waals surface area contributed by atoms with E-state index >= 15 is 0 Å². The third kappa shape index (κ3) is 2.75. The van der Waals surface area contributed by atoms with Crippen LogP contribution in [0.15, 0.2) is 12.3 Å². The molecule has 1 fully saturated rings. The topological polar surface area (TPSA) is 65.6 Å². The van der Waals surface area contributed by atoms with Gasteiger partial charge in [0, 0.05) is 31.4 Å². The SMILES string of the molecule is CN1CCN(C)C(C(O)c2cc(Cl)cnc2N)C1. The van der Waals surface area contributed by atoms with Crippen LogP contribution in [-0.2, 0) is 0 Å². The molecule has 2 unspecified atom stereocenters. The van der Waals surface area contributed by atoms with Crippen molar-refractivity contribution >= 4 is 17.4 Å². The molecule has 0 radical (unpaired) electrons. The van der Waals surface area contributed by atoms with Crippen molar-refractivity contribution in [2.45, 2.75) is 12.1 Å². The molecule has 1 aromatic heterocycles. The quantitative estimate of drug-likeness (QED) is 0.824.